The lowest BCUT2D eigenvalue weighted by Gasteiger charge is -2.27. The summed E-state index contributed by atoms with van der Waals surface area (Å²) in [6.07, 6.45) is 2.21. The molecule has 7 heteroatoms. The first-order valence-corrected chi connectivity index (χ1v) is 10.6. The summed E-state index contributed by atoms with van der Waals surface area (Å²) in [5.41, 5.74) is 4.38. The molecule has 0 saturated carbocycles. The third-order valence-corrected chi connectivity index (χ3v) is 5.58. The molecule has 1 fully saturated rings. The lowest BCUT2D eigenvalue weighted by molar-refractivity contribution is 0.0340. The highest BCUT2D eigenvalue weighted by Gasteiger charge is 2.18. The molecule has 0 radical (unpaired) electrons. The highest BCUT2D eigenvalue weighted by molar-refractivity contribution is 5.95. The van der Waals surface area contributed by atoms with E-state index in [9.17, 15) is 9.18 Å². The number of nitrogens with zero attached hydrogens (tertiary/aromatic N) is 3. The average molecular weight is 423 g/mol. The van der Waals surface area contributed by atoms with Gasteiger partial charge in [-0.15, -0.1) is 0 Å². The molecule has 1 aliphatic rings. The van der Waals surface area contributed by atoms with Crippen molar-refractivity contribution in [2.75, 3.05) is 26.3 Å². The minimum Gasteiger partial charge on any atom is -0.379 e. The molecule has 0 spiro atoms. The van der Waals surface area contributed by atoms with Crippen molar-refractivity contribution in [3.8, 4) is 5.69 Å². The Hall–Kier alpha value is -3.03. The van der Waals surface area contributed by atoms with Crippen LogP contribution in [0.1, 0.15) is 34.1 Å². The molecule has 1 amide bonds. The van der Waals surface area contributed by atoms with Gasteiger partial charge >= 0.3 is 0 Å². The summed E-state index contributed by atoms with van der Waals surface area (Å²) in [6, 6.07) is 14.3. The Morgan fingerprint density at radius 3 is 2.52 bits per heavy atom. The van der Waals surface area contributed by atoms with Gasteiger partial charge in [0.15, 0.2) is 0 Å². The van der Waals surface area contributed by atoms with Gasteiger partial charge in [0.2, 0.25) is 0 Å². The number of amides is 1. The Labute approximate surface area is 181 Å². The van der Waals surface area contributed by atoms with Crippen LogP contribution in [0.15, 0.2) is 54.7 Å². The van der Waals surface area contributed by atoms with Gasteiger partial charge in [0.25, 0.3) is 5.91 Å². The predicted molar refractivity (Wildman–Crippen MR) is 117 cm³/mol. The zero-order chi connectivity index (χ0) is 21.6. The Balaban J connectivity index is 1.46. The van der Waals surface area contributed by atoms with E-state index in [1.165, 1.54) is 17.7 Å². The van der Waals surface area contributed by atoms with Crippen molar-refractivity contribution in [3.63, 3.8) is 0 Å². The van der Waals surface area contributed by atoms with Crippen LogP contribution in [0.3, 0.4) is 0 Å². The van der Waals surface area contributed by atoms with Crippen LogP contribution >= 0.6 is 0 Å². The van der Waals surface area contributed by atoms with Gasteiger partial charge in [-0.25, -0.2) is 9.07 Å². The van der Waals surface area contributed by atoms with Crippen LogP contribution < -0.4 is 5.32 Å². The third kappa shape index (κ3) is 5.00. The number of morpholine rings is 1. The number of carbonyl (C=O) groups excluding carboxylic acids is 1. The molecule has 0 bridgehead atoms. The Kier molecular flexibility index (Phi) is 6.74. The first kappa shape index (κ1) is 21.2. The molecule has 1 aliphatic heterocycles. The van der Waals surface area contributed by atoms with E-state index in [4.69, 9.17) is 4.74 Å². The predicted octanol–water partition coefficient (Wildman–Crippen LogP) is 3.34. The second-order valence-electron chi connectivity index (χ2n) is 7.59. The van der Waals surface area contributed by atoms with Gasteiger partial charge in [0.1, 0.15) is 5.82 Å². The molecular formula is C24H27FN4O2. The lowest BCUT2D eigenvalue weighted by atomic mass is 10.1. The molecular weight excluding hydrogens is 395 g/mol. The number of halogens is 1. The summed E-state index contributed by atoms with van der Waals surface area (Å²) in [5, 5.41) is 7.42. The molecule has 1 saturated heterocycles. The highest BCUT2D eigenvalue weighted by Crippen LogP contribution is 2.17. The summed E-state index contributed by atoms with van der Waals surface area (Å²) in [7, 11) is 0. The second kappa shape index (κ2) is 9.85. The van der Waals surface area contributed by atoms with Gasteiger partial charge in [-0.3, -0.25) is 9.69 Å². The fraction of sp³-hybridized carbons (Fsp3) is 0.333. The van der Waals surface area contributed by atoms with Gasteiger partial charge in [-0.05, 0) is 41.8 Å². The molecule has 1 N–H and O–H groups in total. The minimum absolute atomic E-state index is 0.161. The summed E-state index contributed by atoms with van der Waals surface area (Å²) in [4.78, 5) is 15.3. The Morgan fingerprint density at radius 1 is 1.10 bits per heavy atom. The summed E-state index contributed by atoms with van der Waals surface area (Å²) >= 11 is 0. The van der Waals surface area contributed by atoms with E-state index in [0.29, 0.717) is 18.5 Å². The zero-order valence-electron chi connectivity index (χ0n) is 17.7. The number of nitrogens with one attached hydrogen (secondary N) is 1. The lowest BCUT2D eigenvalue weighted by Crippen LogP contribution is -2.36. The van der Waals surface area contributed by atoms with Gasteiger partial charge < -0.3 is 10.1 Å². The molecule has 6 nitrogen and oxygen atoms in total. The number of benzene rings is 2. The molecule has 0 aliphatic carbocycles. The second-order valence-corrected chi connectivity index (χ2v) is 7.59. The highest BCUT2D eigenvalue weighted by atomic mass is 19.1. The normalized spacial score (nSPS) is 14.5. The molecule has 0 unspecified atom stereocenters. The van der Waals surface area contributed by atoms with Gasteiger partial charge in [-0.1, -0.05) is 31.2 Å². The average Bonchev–Trinajstić information content (AvgIpc) is 3.24. The summed E-state index contributed by atoms with van der Waals surface area (Å²) in [5.74, 6) is -0.464. The van der Waals surface area contributed by atoms with Gasteiger partial charge in [-0.2, -0.15) is 5.10 Å². The topological polar surface area (TPSA) is 59.4 Å². The molecule has 2 heterocycles. The molecule has 1 aromatic heterocycles. The van der Waals surface area contributed by atoms with E-state index in [1.807, 2.05) is 19.1 Å². The van der Waals surface area contributed by atoms with Crippen molar-refractivity contribution in [3.05, 3.63) is 82.9 Å². The number of hydrogen-bond donors (Lipinski definition) is 1. The zero-order valence-corrected chi connectivity index (χ0v) is 17.7. The maximum absolute atomic E-state index is 13.3. The van der Waals surface area contributed by atoms with Crippen LogP contribution in [0.2, 0.25) is 0 Å². The number of ether oxygens (including phenoxy) is 1. The molecule has 0 atom stereocenters. The van der Waals surface area contributed by atoms with Crippen LogP contribution in [0.4, 0.5) is 4.39 Å². The van der Waals surface area contributed by atoms with Crippen molar-refractivity contribution < 1.29 is 13.9 Å². The van der Waals surface area contributed by atoms with Crippen molar-refractivity contribution in [2.45, 2.75) is 26.4 Å². The van der Waals surface area contributed by atoms with E-state index >= 15 is 0 Å². The van der Waals surface area contributed by atoms with E-state index in [1.54, 1.807) is 23.0 Å². The van der Waals surface area contributed by atoms with E-state index in [0.717, 1.165) is 49.8 Å². The van der Waals surface area contributed by atoms with Gasteiger partial charge in [0.05, 0.1) is 36.4 Å². The summed E-state index contributed by atoms with van der Waals surface area (Å²) < 4.78 is 20.4. The van der Waals surface area contributed by atoms with Crippen LogP contribution in [-0.4, -0.2) is 46.9 Å². The van der Waals surface area contributed by atoms with Crippen LogP contribution in [0, 0.1) is 5.82 Å². The SMILES string of the molecule is CCc1c(C(=O)NCc2ccccc2CN2CCOCC2)cnn1-c1ccc(F)cc1. The van der Waals surface area contributed by atoms with Crippen LogP contribution in [0.5, 0.6) is 0 Å². The first-order valence-electron chi connectivity index (χ1n) is 10.6. The fourth-order valence-corrected chi connectivity index (χ4v) is 3.86. The quantitative estimate of drug-likeness (QED) is 0.635. The van der Waals surface area contributed by atoms with Crippen molar-refractivity contribution in [1.82, 2.24) is 20.0 Å². The molecule has 162 valence electrons. The molecule has 3 aromatic rings. The van der Waals surface area contributed by atoms with Crippen molar-refractivity contribution in [2.24, 2.45) is 0 Å². The smallest absolute Gasteiger partial charge is 0.255 e. The van der Waals surface area contributed by atoms with Crippen LogP contribution in [0.25, 0.3) is 5.69 Å². The Bertz CT molecular complexity index is 1030. The fourth-order valence-electron chi connectivity index (χ4n) is 3.86. The van der Waals surface area contributed by atoms with Crippen molar-refractivity contribution >= 4 is 5.91 Å². The number of rotatable bonds is 7. The molecule has 31 heavy (non-hydrogen) atoms. The maximum atomic E-state index is 13.3. The first-order chi connectivity index (χ1) is 15.2. The molecule has 2 aromatic carbocycles. The van der Waals surface area contributed by atoms with E-state index in [-0.39, 0.29) is 11.7 Å². The van der Waals surface area contributed by atoms with E-state index < -0.39 is 0 Å². The number of aromatic nitrogens is 2. The van der Waals surface area contributed by atoms with E-state index in [2.05, 4.69) is 27.4 Å². The minimum atomic E-state index is -0.303. The third-order valence-electron chi connectivity index (χ3n) is 5.58. The van der Waals surface area contributed by atoms with Gasteiger partial charge in [0, 0.05) is 26.2 Å². The monoisotopic (exact) mass is 422 g/mol. The van der Waals surface area contributed by atoms with Crippen molar-refractivity contribution in [1.29, 1.82) is 0 Å². The Morgan fingerprint density at radius 2 is 1.81 bits per heavy atom. The largest absolute Gasteiger partial charge is 0.379 e. The number of hydrogen-bond acceptors (Lipinski definition) is 4. The molecule has 4 rings (SSSR count). The maximum Gasteiger partial charge on any atom is 0.255 e. The van der Waals surface area contributed by atoms with Crippen LogP contribution in [-0.2, 0) is 24.2 Å². The number of carbonyl (C=O) groups is 1. The summed E-state index contributed by atoms with van der Waals surface area (Å²) in [6.45, 7) is 6.63. The standard InChI is InChI=1S/C24H27FN4O2/c1-2-23-22(16-27-29(23)21-9-7-20(25)8-10-21)24(30)26-15-18-5-3-4-6-19(18)17-28-11-13-31-14-12-28/h3-10,16H,2,11-15,17H2,1H3,(H,26,30).